The van der Waals surface area contributed by atoms with Crippen molar-refractivity contribution in [3.63, 3.8) is 0 Å². The summed E-state index contributed by atoms with van der Waals surface area (Å²) in [7, 11) is -3.33. The number of halogens is 1. The third-order valence-electron chi connectivity index (χ3n) is 6.09. The molecule has 0 fully saturated rings. The maximum Gasteiger partial charge on any atom is 0.286 e. The molecule has 192 valence electrons. The van der Waals surface area contributed by atoms with Crippen molar-refractivity contribution in [2.75, 3.05) is 18.8 Å². The van der Waals surface area contributed by atoms with Gasteiger partial charge in [-0.05, 0) is 22.3 Å². The van der Waals surface area contributed by atoms with Gasteiger partial charge in [0.05, 0.1) is 12.9 Å². The summed E-state index contributed by atoms with van der Waals surface area (Å²) in [4.78, 5) is 2.22. The fraction of sp³-hybridized carbons (Fsp3) is 0.226. The Bertz CT molecular complexity index is 1140. The first-order valence-corrected chi connectivity index (χ1v) is 14.9. The summed E-state index contributed by atoms with van der Waals surface area (Å²) in [6, 6.07) is 40.9. The molecular weight excluding hydrogens is 499 g/mol. The van der Waals surface area contributed by atoms with Crippen molar-refractivity contribution >= 4 is 19.1 Å². The second kappa shape index (κ2) is 14.3. The molecule has 0 saturated heterocycles. The average molecular weight is 533 g/mol. The standard InChI is InChI=1S/C31H34ClN2O2P/c32-21-22-36-37(35,34(25-30-17-9-3-10-18-30)26-31-19-11-4-12-20-31)27-33(23-28-13-5-1-6-14-28)24-29-15-7-2-8-16-29/h1-20H,21-27H2/t37-/m0/s1. The van der Waals surface area contributed by atoms with E-state index in [0.29, 0.717) is 26.2 Å². The van der Waals surface area contributed by atoms with Crippen LogP contribution in [0, 0.1) is 0 Å². The highest BCUT2D eigenvalue weighted by Gasteiger charge is 2.34. The lowest BCUT2D eigenvalue weighted by atomic mass is 10.2. The van der Waals surface area contributed by atoms with Gasteiger partial charge in [-0.2, -0.15) is 0 Å². The Kier molecular flexibility index (Phi) is 10.5. The molecule has 0 N–H and O–H groups in total. The number of benzene rings is 4. The van der Waals surface area contributed by atoms with Crippen LogP contribution in [0.2, 0.25) is 0 Å². The van der Waals surface area contributed by atoms with Gasteiger partial charge in [0.25, 0.3) is 7.52 Å². The Morgan fingerprint density at radius 3 is 1.27 bits per heavy atom. The molecule has 0 aliphatic heterocycles. The summed E-state index contributed by atoms with van der Waals surface area (Å²) in [5.74, 6) is 0.284. The smallest absolute Gasteiger partial charge is 0.286 e. The van der Waals surface area contributed by atoms with E-state index in [4.69, 9.17) is 16.1 Å². The van der Waals surface area contributed by atoms with Gasteiger partial charge in [0.15, 0.2) is 0 Å². The molecule has 0 heterocycles. The van der Waals surface area contributed by atoms with E-state index in [2.05, 4.69) is 53.4 Å². The van der Waals surface area contributed by atoms with E-state index < -0.39 is 7.52 Å². The van der Waals surface area contributed by atoms with Crippen LogP contribution in [-0.2, 0) is 35.3 Å². The van der Waals surface area contributed by atoms with E-state index in [0.717, 1.165) is 11.1 Å². The maximum absolute atomic E-state index is 14.9. The first-order chi connectivity index (χ1) is 18.1. The van der Waals surface area contributed by atoms with Gasteiger partial charge in [-0.3, -0.25) is 9.46 Å². The van der Waals surface area contributed by atoms with Crippen molar-refractivity contribution in [3.05, 3.63) is 144 Å². The van der Waals surface area contributed by atoms with Crippen molar-refractivity contribution in [3.8, 4) is 0 Å². The van der Waals surface area contributed by atoms with Crippen molar-refractivity contribution < 1.29 is 9.09 Å². The van der Waals surface area contributed by atoms with Gasteiger partial charge in [0.1, 0.15) is 0 Å². The van der Waals surface area contributed by atoms with Crippen molar-refractivity contribution in [1.82, 2.24) is 9.57 Å². The Hall–Kier alpha value is -2.72. The molecule has 0 amide bonds. The van der Waals surface area contributed by atoms with Crippen molar-refractivity contribution in [2.24, 2.45) is 0 Å². The summed E-state index contributed by atoms with van der Waals surface area (Å²) in [5.41, 5.74) is 4.51. The Labute approximate surface area is 226 Å². The minimum atomic E-state index is -3.33. The molecule has 0 unspecified atom stereocenters. The summed E-state index contributed by atoms with van der Waals surface area (Å²) in [6.45, 7) is 2.58. The normalized spacial score (nSPS) is 13.1. The number of hydrogen-bond acceptors (Lipinski definition) is 3. The van der Waals surface area contributed by atoms with Crippen molar-refractivity contribution in [1.29, 1.82) is 0 Å². The zero-order valence-electron chi connectivity index (χ0n) is 21.0. The van der Waals surface area contributed by atoms with Gasteiger partial charge in [0, 0.05) is 32.1 Å². The van der Waals surface area contributed by atoms with E-state index in [1.165, 1.54) is 11.1 Å². The highest BCUT2D eigenvalue weighted by molar-refractivity contribution is 7.56. The summed E-state index contributed by atoms with van der Waals surface area (Å²) in [5, 5.41) is 0. The van der Waals surface area contributed by atoms with Crippen LogP contribution in [-0.4, -0.2) is 28.3 Å². The topological polar surface area (TPSA) is 32.8 Å². The number of hydrogen-bond donors (Lipinski definition) is 0. The van der Waals surface area contributed by atoms with Crippen LogP contribution in [0.3, 0.4) is 0 Å². The summed E-state index contributed by atoms with van der Waals surface area (Å²) in [6.07, 6.45) is 0.285. The zero-order valence-corrected chi connectivity index (χ0v) is 22.7. The van der Waals surface area contributed by atoms with Crippen molar-refractivity contribution in [2.45, 2.75) is 26.2 Å². The molecule has 4 aromatic carbocycles. The fourth-order valence-corrected chi connectivity index (χ4v) is 6.79. The molecule has 0 aliphatic carbocycles. The molecule has 0 bridgehead atoms. The Balaban J connectivity index is 1.67. The zero-order chi connectivity index (χ0) is 25.8. The van der Waals surface area contributed by atoms with Gasteiger partial charge in [-0.25, -0.2) is 4.67 Å². The molecule has 1 atom stereocenters. The third kappa shape index (κ3) is 8.67. The lowest BCUT2D eigenvalue weighted by molar-refractivity contribution is 0.224. The van der Waals surface area contributed by atoms with Gasteiger partial charge < -0.3 is 4.52 Å². The van der Waals surface area contributed by atoms with Crippen LogP contribution in [0.5, 0.6) is 0 Å². The molecule has 0 aliphatic rings. The lowest BCUT2D eigenvalue weighted by Crippen LogP contribution is -2.31. The van der Waals surface area contributed by atoms with E-state index in [9.17, 15) is 4.57 Å². The molecule has 4 nitrogen and oxygen atoms in total. The maximum atomic E-state index is 14.9. The molecule has 0 saturated carbocycles. The van der Waals surface area contributed by atoms with Crippen LogP contribution in [0.15, 0.2) is 121 Å². The molecule has 4 aromatic rings. The highest BCUT2D eigenvalue weighted by atomic mass is 35.5. The van der Waals surface area contributed by atoms with E-state index in [1.54, 1.807) is 0 Å². The van der Waals surface area contributed by atoms with Crippen LogP contribution in [0.1, 0.15) is 22.3 Å². The number of nitrogens with zero attached hydrogens (tertiary/aromatic N) is 2. The summed E-state index contributed by atoms with van der Waals surface area (Å²) < 4.78 is 23.1. The number of alkyl halides is 1. The first-order valence-electron chi connectivity index (χ1n) is 12.6. The van der Waals surface area contributed by atoms with E-state index in [1.807, 2.05) is 77.5 Å². The van der Waals surface area contributed by atoms with E-state index in [-0.39, 0.29) is 18.8 Å². The predicted octanol–water partition coefficient (Wildman–Crippen LogP) is 7.80. The summed E-state index contributed by atoms with van der Waals surface area (Å²) >= 11 is 6.05. The Morgan fingerprint density at radius 2 is 0.919 bits per heavy atom. The fourth-order valence-electron chi connectivity index (χ4n) is 4.34. The van der Waals surface area contributed by atoms with Gasteiger partial charge in [-0.1, -0.05) is 121 Å². The molecule has 0 radical (unpaired) electrons. The minimum Gasteiger partial charge on any atom is -0.315 e. The van der Waals surface area contributed by atoms with Crippen LogP contribution < -0.4 is 0 Å². The molecular formula is C31H34ClN2O2P. The molecule has 37 heavy (non-hydrogen) atoms. The van der Waals surface area contributed by atoms with Crippen LogP contribution >= 0.6 is 19.1 Å². The first kappa shape index (κ1) is 27.3. The van der Waals surface area contributed by atoms with Gasteiger partial charge >= 0.3 is 0 Å². The quantitative estimate of drug-likeness (QED) is 0.122. The highest BCUT2D eigenvalue weighted by Crippen LogP contribution is 2.53. The van der Waals surface area contributed by atoms with Gasteiger partial charge in [-0.15, -0.1) is 11.6 Å². The molecule has 0 spiro atoms. The second-order valence-corrected chi connectivity index (χ2v) is 11.8. The Morgan fingerprint density at radius 1 is 0.568 bits per heavy atom. The lowest BCUT2D eigenvalue weighted by Gasteiger charge is -2.35. The third-order valence-corrected chi connectivity index (χ3v) is 8.74. The van der Waals surface area contributed by atoms with Crippen LogP contribution in [0.4, 0.5) is 0 Å². The molecule has 4 rings (SSSR count). The largest absolute Gasteiger partial charge is 0.315 e. The van der Waals surface area contributed by atoms with E-state index >= 15 is 0 Å². The second-order valence-electron chi connectivity index (χ2n) is 9.05. The minimum absolute atomic E-state index is 0.226. The number of rotatable bonds is 14. The predicted molar refractivity (Wildman–Crippen MR) is 153 cm³/mol. The van der Waals surface area contributed by atoms with Gasteiger partial charge in [0.2, 0.25) is 0 Å². The molecule has 6 heteroatoms. The molecule has 0 aromatic heterocycles. The SMILES string of the molecule is O=[P@@](CN(Cc1ccccc1)Cc1ccccc1)(OCCCl)N(Cc1ccccc1)Cc1ccccc1. The van der Waals surface area contributed by atoms with Crippen LogP contribution in [0.25, 0.3) is 0 Å². The average Bonchev–Trinajstić information content (AvgIpc) is 2.94. The monoisotopic (exact) mass is 532 g/mol.